The van der Waals surface area contributed by atoms with Crippen LogP contribution < -0.4 is 0 Å². The number of halogens is 1. The molecule has 0 aromatic rings. The van der Waals surface area contributed by atoms with E-state index in [0.29, 0.717) is 19.8 Å². The molecule has 0 saturated heterocycles. The minimum Gasteiger partial charge on any atom is -0.107 e. The summed E-state index contributed by atoms with van der Waals surface area (Å²) in [6.07, 6.45) is 0. The number of rotatable bonds is 6. The SMILES string of the molecule is CC[O][Ti]([O]CC)[O]CC.I. The monoisotopic (exact) mass is 311 g/mol. The van der Waals surface area contributed by atoms with Crippen LogP contribution in [-0.4, -0.2) is 19.8 Å². The number of hydrogen-bond donors (Lipinski definition) is 0. The predicted octanol–water partition coefficient (Wildman–Crippen LogP) is 2.08. The summed E-state index contributed by atoms with van der Waals surface area (Å²) in [5.74, 6) is 0. The van der Waals surface area contributed by atoms with Gasteiger partial charge in [-0.25, -0.2) is 0 Å². The third-order valence-corrected chi connectivity index (χ3v) is 3.24. The van der Waals surface area contributed by atoms with Crippen LogP contribution in [0, 0.1) is 0 Å². The molecule has 0 fully saturated rings. The van der Waals surface area contributed by atoms with Gasteiger partial charge >= 0.3 is 69.6 Å². The summed E-state index contributed by atoms with van der Waals surface area (Å²) in [4.78, 5) is 0. The molecule has 11 heavy (non-hydrogen) atoms. The van der Waals surface area contributed by atoms with E-state index in [4.69, 9.17) is 9.96 Å². The molecular formula is C6H16IO3Ti. The molecule has 69 valence electrons. The van der Waals surface area contributed by atoms with E-state index < -0.39 is 19.0 Å². The Morgan fingerprint density at radius 3 is 1.27 bits per heavy atom. The van der Waals surface area contributed by atoms with E-state index >= 15 is 0 Å². The van der Waals surface area contributed by atoms with Crippen molar-refractivity contribution >= 4 is 24.0 Å². The molecule has 0 unspecified atom stereocenters. The van der Waals surface area contributed by atoms with Gasteiger partial charge in [0.05, 0.1) is 0 Å². The van der Waals surface area contributed by atoms with Crippen LogP contribution in [0.1, 0.15) is 20.8 Å². The van der Waals surface area contributed by atoms with Crippen molar-refractivity contribution in [2.75, 3.05) is 19.8 Å². The van der Waals surface area contributed by atoms with Gasteiger partial charge in [-0.05, 0) is 0 Å². The van der Waals surface area contributed by atoms with Gasteiger partial charge < -0.3 is 0 Å². The molecule has 0 aliphatic carbocycles. The van der Waals surface area contributed by atoms with Crippen molar-refractivity contribution in [1.29, 1.82) is 0 Å². The largest absolute Gasteiger partial charge is 0.107 e. The summed E-state index contributed by atoms with van der Waals surface area (Å²) < 4.78 is 15.7. The van der Waals surface area contributed by atoms with Gasteiger partial charge in [-0.2, -0.15) is 0 Å². The molecule has 0 atom stereocenters. The smallest absolute Gasteiger partial charge is 0.107 e. The maximum Gasteiger partial charge on any atom is -0.107 e. The third-order valence-electron chi connectivity index (χ3n) is 0.787. The summed E-state index contributed by atoms with van der Waals surface area (Å²) >= 11 is -1.99. The van der Waals surface area contributed by atoms with Crippen molar-refractivity contribution in [1.82, 2.24) is 0 Å². The van der Waals surface area contributed by atoms with Gasteiger partial charge in [-0.15, -0.1) is 24.0 Å². The van der Waals surface area contributed by atoms with Crippen molar-refractivity contribution in [3.63, 3.8) is 0 Å². The fraction of sp³-hybridized carbons (Fsp3) is 1.00. The summed E-state index contributed by atoms with van der Waals surface area (Å²) in [6.45, 7) is 7.92. The van der Waals surface area contributed by atoms with Crippen LogP contribution in [0.5, 0.6) is 0 Å². The van der Waals surface area contributed by atoms with Gasteiger partial charge in [-0.1, -0.05) is 0 Å². The fourth-order valence-corrected chi connectivity index (χ4v) is 1.97. The Kier molecular flexibility index (Phi) is 15.3. The van der Waals surface area contributed by atoms with E-state index in [1.165, 1.54) is 0 Å². The minimum absolute atomic E-state index is 0. The van der Waals surface area contributed by atoms with E-state index in [9.17, 15) is 0 Å². The van der Waals surface area contributed by atoms with Crippen molar-refractivity contribution < 1.29 is 29.0 Å². The van der Waals surface area contributed by atoms with Crippen LogP contribution in [0.4, 0.5) is 0 Å². The Hall–Kier alpha value is 1.32. The second kappa shape index (κ2) is 11.3. The maximum absolute atomic E-state index is 5.24. The average molecular weight is 311 g/mol. The van der Waals surface area contributed by atoms with E-state index in [1.54, 1.807) is 0 Å². The predicted molar refractivity (Wildman–Crippen MR) is 50.3 cm³/mol. The Bertz CT molecular complexity index is 60.6. The standard InChI is InChI=1S/3C2H5O.HI.Ti/c3*1-2-3;;/h3*2H2,1H3;1H;/q3*-1;;+3. The molecule has 3 nitrogen and oxygen atoms in total. The molecule has 0 bridgehead atoms. The van der Waals surface area contributed by atoms with Crippen LogP contribution in [-0.2, 0) is 29.0 Å². The maximum atomic E-state index is 5.24. The first kappa shape index (κ1) is 14.8. The minimum atomic E-state index is -1.99. The number of hydrogen-bond acceptors (Lipinski definition) is 3. The molecule has 5 heteroatoms. The van der Waals surface area contributed by atoms with Crippen LogP contribution in [0.3, 0.4) is 0 Å². The topological polar surface area (TPSA) is 27.7 Å². The molecule has 0 radical (unpaired) electrons. The quantitative estimate of drug-likeness (QED) is 0.555. The fourth-order valence-electron chi connectivity index (χ4n) is 0.479. The Balaban J connectivity index is 0. The summed E-state index contributed by atoms with van der Waals surface area (Å²) in [5, 5.41) is 0. The Morgan fingerprint density at radius 1 is 0.818 bits per heavy atom. The zero-order valence-electron chi connectivity index (χ0n) is 7.25. The molecule has 0 aromatic carbocycles. The second-order valence-electron chi connectivity index (χ2n) is 1.55. The molecule has 0 N–H and O–H groups in total. The van der Waals surface area contributed by atoms with Gasteiger partial charge in [0.2, 0.25) is 0 Å². The van der Waals surface area contributed by atoms with Gasteiger partial charge in [0, 0.05) is 0 Å². The molecule has 0 amide bonds. The first-order valence-electron chi connectivity index (χ1n) is 3.60. The molecule has 0 aromatic heterocycles. The Morgan fingerprint density at radius 2 is 1.09 bits per heavy atom. The van der Waals surface area contributed by atoms with Crippen LogP contribution in [0.25, 0.3) is 0 Å². The third kappa shape index (κ3) is 9.24. The molecular weight excluding hydrogens is 295 g/mol. The van der Waals surface area contributed by atoms with E-state index in [-0.39, 0.29) is 24.0 Å². The molecule has 0 saturated carbocycles. The van der Waals surface area contributed by atoms with Crippen molar-refractivity contribution in [2.24, 2.45) is 0 Å². The van der Waals surface area contributed by atoms with Crippen LogP contribution in [0.2, 0.25) is 0 Å². The van der Waals surface area contributed by atoms with Gasteiger partial charge in [0.15, 0.2) is 0 Å². The molecule has 0 aliphatic rings. The molecule has 0 aliphatic heterocycles. The summed E-state index contributed by atoms with van der Waals surface area (Å²) in [7, 11) is 0. The first-order chi connectivity index (χ1) is 4.85. The van der Waals surface area contributed by atoms with Gasteiger partial charge in [0.1, 0.15) is 0 Å². The summed E-state index contributed by atoms with van der Waals surface area (Å²) in [6, 6.07) is 0. The molecule has 0 rings (SSSR count). The van der Waals surface area contributed by atoms with Gasteiger partial charge in [0.25, 0.3) is 0 Å². The van der Waals surface area contributed by atoms with Crippen molar-refractivity contribution in [2.45, 2.75) is 20.8 Å². The van der Waals surface area contributed by atoms with E-state index in [1.807, 2.05) is 20.8 Å². The second-order valence-corrected chi connectivity index (χ2v) is 3.68. The zero-order chi connectivity index (χ0) is 7.82. The first-order valence-corrected chi connectivity index (χ1v) is 5.51. The van der Waals surface area contributed by atoms with E-state index in [2.05, 4.69) is 0 Å². The van der Waals surface area contributed by atoms with Crippen LogP contribution in [0.15, 0.2) is 0 Å². The zero-order valence-corrected chi connectivity index (χ0v) is 11.1. The van der Waals surface area contributed by atoms with E-state index in [0.717, 1.165) is 0 Å². The Labute approximate surface area is 93.1 Å². The molecule has 0 heterocycles. The normalized spacial score (nSPS) is 9.00. The molecule has 0 spiro atoms. The van der Waals surface area contributed by atoms with Crippen molar-refractivity contribution in [3.05, 3.63) is 0 Å². The average Bonchev–Trinajstić information content (AvgIpc) is 1.90. The van der Waals surface area contributed by atoms with Gasteiger partial charge in [-0.3, -0.25) is 0 Å². The van der Waals surface area contributed by atoms with Crippen molar-refractivity contribution in [3.8, 4) is 0 Å². The van der Waals surface area contributed by atoms with Crippen LogP contribution >= 0.6 is 24.0 Å². The summed E-state index contributed by atoms with van der Waals surface area (Å²) in [5.41, 5.74) is 0.